The molecule has 0 aliphatic rings. The fourth-order valence-corrected chi connectivity index (χ4v) is 3.26. The second kappa shape index (κ2) is 11.3. The van der Waals surface area contributed by atoms with E-state index in [0.29, 0.717) is 12.3 Å². The smallest absolute Gasteiger partial charge is 0.255 e. The highest BCUT2D eigenvalue weighted by molar-refractivity contribution is 5.88. The van der Waals surface area contributed by atoms with E-state index in [9.17, 15) is 4.79 Å². The quantitative estimate of drug-likeness (QED) is 0.481. The van der Waals surface area contributed by atoms with Gasteiger partial charge in [0.1, 0.15) is 5.75 Å². The van der Waals surface area contributed by atoms with Crippen LogP contribution in [0.5, 0.6) is 17.2 Å². The topological polar surface area (TPSA) is 82.8 Å². The minimum Gasteiger partial charge on any atom is -0.493 e. The summed E-state index contributed by atoms with van der Waals surface area (Å²) in [7, 11) is 3.26. The van der Waals surface area contributed by atoms with Crippen molar-refractivity contribution >= 4 is 29.1 Å². The normalized spacial score (nSPS) is 10.3. The summed E-state index contributed by atoms with van der Waals surface area (Å²) >= 11 is 0. The van der Waals surface area contributed by atoms with Crippen molar-refractivity contribution in [2.45, 2.75) is 13.0 Å². The number of amides is 1. The van der Waals surface area contributed by atoms with E-state index in [2.05, 4.69) is 17.4 Å². The standard InChI is InChI=1S/C23H26N2O4.ClH/c1-27-21-9-7-16(13-22(21)28-2)11-12-25-14-19-18-6-4-3-5-17(18)8-10-20(19)29-15-23(24)26;/h3-10,13,25H,11-12,14-15H2,1-2H3,(H2,24,26);1H. The first-order chi connectivity index (χ1) is 14.1. The highest BCUT2D eigenvalue weighted by Gasteiger charge is 2.10. The van der Waals surface area contributed by atoms with Crippen molar-refractivity contribution in [2.75, 3.05) is 27.4 Å². The van der Waals surface area contributed by atoms with Crippen LogP contribution in [0.2, 0.25) is 0 Å². The molecule has 0 aliphatic heterocycles. The van der Waals surface area contributed by atoms with E-state index in [1.807, 2.05) is 42.5 Å². The predicted molar refractivity (Wildman–Crippen MR) is 121 cm³/mol. The molecule has 7 heteroatoms. The molecule has 3 rings (SSSR count). The number of carbonyl (C=O) groups excluding carboxylic acids is 1. The fraction of sp³-hybridized carbons (Fsp3) is 0.261. The Morgan fingerprint density at radius 1 is 0.967 bits per heavy atom. The summed E-state index contributed by atoms with van der Waals surface area (Å²) < 4.78 is 16.3. The first-order valence-electron chi connectivity index (χ1n) is 9.45. The summed E-state index contributed by atoms with van der Waals surface area (Å²) in [5.41, 5.74) is 7.40. The first-order valence-corrected chi connectivity index (χ1v) is 9.45. The van der Waals surface area contributed by atoms with Gasteiger partial charge < -0.3 is 25.3 Å². The van der Waals surface area contributed by atoms with Crippen LogP contribution in [0.25, 0.3) is 10.8 Å². The number of halogens is 1. The zero-order valence-electron chi connectivity index (χ0n) is 17.1. The third-order valence-corrected chi connectivity index (χ3v) is 4.71. The number of methoxy groups -OCH3 is 2. The van der Waals surface area contributed by atoms with Crippen molar-refractivity contribution in [3.8, 4) is 17.2 Å². The van der Waals surface area contributed by atoms with Crippen LogP contribution in [-0.2, 0) is 17.8 Å². The molecule has 0 aliphatic carbocycles. The average molecular weight is 431 g/mol. The summed E-state index contributed by atoms with van der Waals surface area (Å²) in [6.45, 7) is 1.24. The van der Waals surface area contributed by atoms with Gasteiger partial charge in [-0.05, 0) is 47.5 Å². The molecule has 0 saturated heterocycles. The number of hydrogen-bond acceptors (Lipinski definition) is 5. The van der Waals surface area contributed by atoms with Gasteiger partial charge in [-0.2, -0.15) is 0 Å². The lowest BCUT2D eigenvalue weighted by Crippen LogP contribution is -2.22. The molecule has 0 fully saturated rings. The third-order valence-electron chi connectivity index (χ3n) is 4.71. The van der Waals surface area contributed by atoms with Crippen LogP contribution in [0.1, 0.15) is 11.1 Å². The van der Waals surface area contributed by atoms with E-state index in [4.69, 9.17) is 19.9 Å². The maximum absolute atomic E-state index is 11.1. The molecule has 0 unspecified atom stereocenters. The molecule has 160 valence electrons. The molecule has 0 aromatic heterocycles. The zero-order valence-corrected chi connectivity index (χ0v) is 18.0. The summed E-state index contributed by atoms with van der Waals surface area (Å²) in [4.78, 5) is 11.1. The van der Waals surface area contributed by atoms with Gasteiger partial charge in [-0.25, -0.2) is 0 Å². The van der Waals surface area contributed by atoms with Gasteiger partial charge in [0.05, 0.1) is 14.2 Å². The predicted octanol–water partition coefficient (Wildman–Crippen LogP) is 3.48. The second-order valence-corrected chi connectivity index (χ2v) is 6.63. The Hall–Kier alpha value is -2.96. The van der Waals surface area contributed by atoms with Crippen molar-refractivity contribution in [1.29, 1.82) is 0 Å². The van der Waals surface area contributed by atoms with Crippen LogP contribution < -0.4 is 25.3 Å². The van der Waals surface area contributed by atoms with Crippen molar-refractivity contribution in [3.05, 3.63) is 65.7 Å². The van der Waals surface area contributed by atoms with Gasteiger partial charge >= 0.3 is 0 Å². The Balaban J connectivity index is 0.00000320. The number of hydrogen-bond donors (Lipinski definition) is 2. The molecule has 3 aromatic rings. The number of rotatable bonds is 10. The van der Waals surface area contributed by atoms with Gasteiger partial charge in [0.15, 0.2) is 18.1 Å². The first kappa shape index (κ1) is 23.3. The Morgan fingerprint density at radius 3 is 2.43 bits per heavy atom. The van der Waals surface area contributed by atoms with E-state index in [1.165, 1.54) is 0 Å². The number of carbonyl (C=O) groups is 1. The van der Waals surface area contributed by atoms with Crippen LogP contribution in [0.4, 0.5) is 0 Å². The van der Waals surface area contributed by atoms with Gasteiger partial charge in [-0.3, -0.25) is 4.79 Å². The van der Waals surface area contributed by atoms with Crippen LogP contribution >= 0.6 is 12.4 Å². The summed E-state index contributed by atoms with van der Waals surface area (Å²) in [5.74, 6) is 1.61. The number of nitrogens with two attached hydrogens (primary N) is 1. The van der Waals surface area contributed by atoms with E-state index < -0.39 is 5.91 Å². The van der Waals surface area contributed by atoms with Crippen molar-refractivity contribution in [3.63, 3.8) is 0 Å². The lowest BCUT2D eigenvalue weighted by atomic mass is 10.0. The molecule has 0 bridgehead atoms. The van der Waals surface area contributed by atoms with Gasteiger partial charge in [-0.15, -0.1) is 12.4 Å². The largest absolute Gasteiger partial charge is 0.493 e. The molecular weight excluding hydrogens is 404 g/mol. The average Bonchev–Trinajstić information content (AvgIpc) is 2.75. The Kier molecular flexibility index (Phi) is 8.77. The summed E-state index contributed by atoms with van der Waals surface area (Å²) in [5, 5.41) is 5.68. The lowest BCUT2D eigenvalue weighted by Gasteiger charge is -2.15. The van der Waals surface area contributed by atoms with Gasteiger partial charge in [0.2, 0.25) is 0 Å². The minimum atomic E-state index is -0.495. The minimum absolute atomic E-state index is 0. The molecule has 3 N–H and O–H groups in total. The van der Waals surface area contributed by atoms with Crippen LogP contribution in [-0.4, -0.2) is 33.3 Å². The Bertz CT molecular complexity index is 994. The zero-order chi connectivity index (χ0) is 20.6. The van der Waals surface area contributed by atoms with Gasteiger partial charge in [0, 0.05) is 12.1 Å². The maximum Gasteiger partial charge on any atom is 0.255 e. The van der Waals surface area contributed by atoms with Gasteiger partial charge in [0.25, 0.3) is 5.91 Å². The van der Waals surface area contributed by atoms with Crippen molar-refractivity contribution in [2.24, 2.45) is 5.73 Å². The highest BCUT2D eigenvalue weighted by atomic mass is 35.5. The van der Waals surface area contributed by atoms with Crippen LogP contribution in [0.3, 0.4) is 0 Å². The maximum atomic E-state index is 11.1. The van der Waals surface area contributed by atoms with E-state index in [1.54, 1.807) is 14.2 Å². The second-order valence-electron chi connectivity index (χ2n) is 6.63. The van der Waals surface area contributed by atoms with Gasteiger partial charge in [-0.1, -0.05) is 36.4 Å². The van der Waals surface area contributed by atoms with E-state index in [0.717, 1.165) is 46.4 Å². The Labute approximate surface area is 182 Å². The number of fused-ring (bicyclic) bond motifs is 1. The molecule has 1 amide bonds. The van der Waals surface area contributed by atoms with Crippen LogP contribution in [0, 0.1) is 0 Å². The molecule has 6 nitrogen and oxygen atoms in total. The van der Waals surface area contributed by atoms with Crippen LogP contribution in [0.15, 0.2) is 54.6 Å². The molecule has 0 atom stereocenters. The lowest BCUT2D eigenvalue weighted by molar-refractivity contribution is -0.119. The highest BCUT2D eigenvalue weighted by Crippen LogP contribution is 2.29. The molecular formula is C23H27ClN2O4. The third kappa shape index (κ3) is 5.78. The number of nitrogens with one attached hydrogen (secondary N) is 1. The van der Waals surface area contributed by atoms with E-state index >= 15 is 0 Å². The fourth-order valence-electron chi connectivity index (χ4n) is 3.26. The van der Waals surface area contributed by atoms with E-state index in [-0.39, 0.29) is 19.0 Å². The summed E-state index contributed by atoms with van der Waals surface area (Å²) in [6.07, 6.45) is 0.836. The summed E-state index contributed by atoms with van der Waals surface area (Å²) in [6, 6.07) is 17.9. The number of benzene rings is 3. The molecule has 0 heterocycles. The number of primary amides is 1. The SMILES string of the molecule is COc1ccc(CCNCc2c(OCC(N)=O)ccc3ccccc23)cc1OC.Cl. The number of ether oxygens (including phenoxy) is 3. The molecule has 30 heavy (non-hydrogen) atoms. The Morgan fingerprint density at radius 2 is 1.70 bits per heavy atom. The molecule has 0 spiro atoms. The van der Waals surface area contributed by atoms with Crippen molar-refractivity contribution < 1.29 is 19.0 Å². The monoisotopic (exact) mass is 430 g/mol. The van der Waals surface area contributed by atoms with Crippen molar-refractivity contribution in [1.82, 2.24) is 5.32 Å². The molecule has 3 aromatic carbocycles. The molecule has 0 saturated carbocycles. The molecule has 0 radical (unpaired) electrons.